The monoisotopic (exact) mass is 528 g/mol. The molecule has 3 heterocycles. The minimum absolute atomic E-state index is 0.0711. The van der Waals surface area contributed by atoms with Crippen LogP contribution in [-0.4, -0.2) is 44.9 Å². The van der Waals surface area contributed by atoms with E-state index in [1.807, 2.05) is 0 Å². The number of halogens is 3. The number of fused-ring (bicyclic) bond motifs is 1. The predicted molar refractivity (Wildman–Crippen MR) is 131 cm³/mol. The molecule has 0 bridgehead atoms. The molecule has 198 valence electrons. The predicted octanol–water partition coefficient (Wildman–Crippen LogP) is 4.46. The van der Waals surface area contributed by atoms with Gasteiger partial charge >= 0.3 is 6.36 Å². The van der Waals surface area contributed by atoms with Gasteiger partial charge in [-0.3, -0.25) is 9.59 Å². The number of benzene rings is 1. The first-order valence-corrected chi connectivity index (χ1v) is 11.3. The lowest BCUT2D eigenvalue weighted by atomic mass is 10.0. The van der Waals surface area contributed by atoms with E-state index in [4.69, 9.17) is 4.74 Å². The smallest absolute Gasteiger partial charge is 0.480 e. The van der Waals surface area contributed by atoms with Crippen LogP contribution in [0.5, 0.6) is 11.6 Å². The Morgan fingerprint density at radius 3 is 2.55 bits per heavy atom. The number of aryl methyl sites for hydroxylation is 1. The van der Waals surface area contributed by atoms with Crippen molar-refractivity contribution in [3.63, 3.8) is 0 Å². The summed E-state index contributed by atoms with van der Waals surface area (Å²) in [5, 5.41) is 9.87. The fraction of sp³-hybridized carbons (Fsp3) is 0.240. The van der Waals surface area contributed by atoms with E-state index >= 15 is 0 Å². The number of nitrogens with zero attached hydrogens (tertiary/aromatic N) is 4. The molecular weight excluding hydrogens is 505 g/mol. The number of pyridine rings is 1. The third-order valence-electron chi connectivity index (χ3n) is 5.46. The first kappa shape index (κ1) is 26.4. The van der Waals surface area contributed by atoms with Crippen LogP contribution >= 0.6 is 0 Å². The topological polar surface area (TPSA) is 120 Å². The first-order valence-electron chi connectivity index (χ1n) is 11.3. The Labute approximate surface area is 214 Å². The Bertz CT molecular complexity index is 1520. The van der Waals surface area contributed by atoms with Gasteiger partial charge in [0.1, 0.15) is 11.3 Å². The second kappa shape index (κ2) is 10.4. The highest BCUT2D eigenvalue weighted by Gasteiger charge is 2.31. The van der Waals surface area contributed by atoms with Crippen LogP contribution in [0.4, 0.5) is 19.0 Å². The molecular formula is C25H23F3N6O4. The van der Waals surface area contributed by atoms with Crippen LogP contribution in [-0.2, 0) is 4.79 Å². The summed E-state index contributed by atoms with van der Waals surface area (Å²) in [7, 11) is 1.37. The molecule has 0 aliphatic carbocycles. The number of hydrogen-bond donors (Lipinski definition) is 2. The molecule has 1 aromatic carbocycles. The van der Waals surface area contributed by atoms with Crippen molar-refractivity contribution in [2.75, 3.05) is 12.4 Å². The summed E-state index contributed by atoms with van der Waals surface area (Å²) >= 11 is 0. The Hall–Kier alpha value is -4.68. The zero-order valence-electron chi connectivity index (χ0n) is 20.8. The molecule has 0 fully saturated rings. The minimum atomic E-state index is -4.83. The maximum Gasteiger partial charge on any atom is 0.573 e. The van der Waals surface area contributed by atoms with Gasteiger partial charge in [-0.25, -0.2) is 14.5 Å². The van der Waals surface area contributed by atoms with Gasteiger partial charge in [-0.1, -0.05) is 12.1 Å². The number of carbonyl (C=O) groups excluding carboxylic acids is 2. The number of alkyl halides is 3. The maximum atomic E-state index is 13.2. The van der Waals surface area contributed by atoms with E-state index in [9.17, 15) is 22.8 Å². The average molecular weight is 528 g/mol. The second-order valence-corrected chi connectivity index (χ2v) is 8.32. The number of hydrogen-bond acceptors (Lipinski definition) is 7. The maximum absolute atomic E-state index is 13.2. The minimum Gasteiger partial charge on any atom is -0.480 e. The van der Waals surface area contributed by atoms with E-state index in [0.29, 0.717) is 34.0 Å². The molecule has 0 aliphatic rings. The molecule has 0 saturated carbocycles. The van der Waals surface area contributed by atoms with Crippen LogP contribution in [0.1, 0.15) is 41.5 Å². The average Bonchev–Trinajstić information content (AvgIpc) is 3.23. The number of ether oxygens (including phenoxy) is 2. The third kappa shape index (κ3) is 5.99. The summed E-state index contributed by atoms with van der Waals surface area (Å²) in [5.41, 5.74) is 2.57. The molecule has 2 N–H and O–H groups in total. The van der Waals surface area contributed by atoms with Gasteiger partial charge in [0.05, 0.1) is 30.7 Å². The zero-order valence-corrected chi connectivity index (χ0v) is 20.8. The Morgan fingerprint density at radius 1 is 1.11 bits per heavy atom. The number of carbonyl (C=O) groups is 2. The van der Waals surface area contributed by atoms with Crippen molar-refractivity contribution in [1.29, 1.82) is 0 Å². The standard InChI is InChI=1S/C25H23F3N6O4/c1-13(16-6-5-7-17(10-16)38-25(26,27)28)29-23(36)19-11-18(14(2)30-24(19)37-4)20-8-9-22-32-21(31-15(3)35)12-34(22)33-20/h5-13H,1-4H3,(H,29,36)(H,31,35). The largest absolute Gasteiger partial charge is 0.573 e. The van der Waals surface area contributed by atoms with Crippen LogP contribution in [0.25, 0.3) is 16.9 Å². The van der Waals surface area contributed by atoms with E-state index in [-0.39, 0.29) is 17.4 Å². The fourth-order valence-corrected chi connectivity index (χ4v) is 3.77. The van der Waals surface area contributed by atoms with Gasteiger partial charge < -0.3 is 20.1 Å². The SMILES string of the molecule is COc1nc(C)c(-c2ccc3nc(NC(C)=O)cn3n2)cc1C(=O)NC(C)c1cccc(OC(F)(F)F)c1. The molecule has 38 heavy (non-hydrogen) atoms. The van der Waals surface area contributed by atoms with Gasteiger partial charge in [-0.05, 0) is 49.7 Å². The lowest BCUT2D eigenvalue weighted by Crippen LogP contribution is -2.27. The molecule has 4 aromatic rings. The molecule has 10 nitrogen and oxygen atoms in total. The van der Waals surface area contributed by atoms with E-state index < -0.39 is 24.1 Å². The number of anilines is 1. The van der Waals surface area contributed by atoms with Crippen LogP contribution in [0.2, 0.25) is 0 Å². The lowest BCUT2D eigenvalue weighted by Gasteiger charge is -2.18. The summed E-state index contributed by atoms with van der Waals surface area (Å²) in [6.45, 7) is 4.73. The fourth-order valence-electron chi connectivity index (χ4n) is 3.77. The summed E-state index contributed by atoms with van der Waals surface area (Å²) in [6.07, 6.45) is -3.28. The molecule has 1 unspecified atom stereocenters. The van der Waals surface area contributed by atoms with Crippen LogP contribution < -0.4 is 20.1 Å². The Morgan fingerprint density at radius 2 is 1.87 bits per heavy atom. The van der Waals surface area contributed by atoms with E-state index in [1.54, 1.807) is 44.3 Å². The van der Waals surface area contributed by atoms with Crippen molar-refractivity contribution in [1.82, 2.24) is 24.9 Å². The van der Waals surface area contributed by atoms with Gasteiger partial charge in [-0.2, -0.15) is 5.10 Å². The van der Waals surface area contributed by atoms with Crippen LogP contribution in [0.15, 0.2) is 48.7 Å². The highest BCUT2D eigenvalue weighted by atomic mass is 19.4. The van der Waals surface area contributed by atoms with Gasteiger partial charge in [0.25, 0.3) is 5.91 Å². The molecule has 1 atom stereocenters. The quantitative estimate of drug-likeness (QED) is 0.364. The van der Waals surface area contributed by atoms with Crippen molar-refractivity contribution in [3.05, 3.63) is 65.5 Å². The van der Waals surface area contributed by atoms with Gasteiger partial charge in [0.15, 0.2) is 11.5 Å². The normalized spacial score (nSPS) is 12.2. The number of imidazole rings is 1. The van der Waals surface area contributed by atoms with Gasteiger partial charge in [0, 0.05) is 12.5 Å². The van der Waals surface area contributed by atoms with Crippen molar-refractivity contribution >= 4 is 23.3 Å². The Kier molecular flexibility index (Phi) is 7.19. The third-order valence-corrected chi connectivity index (χ3v) is 5.46. The highest BCUT2D eigenvalue weighted by Crippen LogP contribution is 2.29. The van der Waals surface area contributed by atoms with E-state index in [1.165, 1.54) is 36.7 Å². The number of nitrogens with one attached hydrogen (secondary N) is 2. The molecule has 0 radical (unpaired) electrons. The molecule has 13 heteroatoms. The molecule has 0 saturated heterocycles. The summed E-state index contributed by atoms with van der Waals surface area (Å²) in [5.74, 6) is -0.807. The van der Waals surface area contributed by atoms with Crippen molar-refractivity contribution in [2.45, 2.75) is 33.2 Å². The Balaban J connectivity index is 1.63. The molecule has 2 amide bonds. The second-order valence-electron chi connectivity index (χ2n) is 8.32. The molecule has 0 aliphatic heterocycles. The molecule has 4 rings (SSSR count). The van der Waals surface area contributed by atoms with Crippen molar-refractivity contribution < 1.29 is 32.2 Å². The summed E-state index contributed by atoms with van der Waals surface area (Å²) in [4.78, 5) is 33.2. The highest BCUT2D eigenvalue weighted by molar-refractivity contribution is 5.98. The van der Waals surface area contributed by atoms with Crippen LogP contribution in [0.3, 0.4) is 0 Å². The van der Waals surface area contributed by atoms with E-state index in [0.717, 1.165) is 0 Å². The van der Waals surface area contributed by atoms with Crippen molar-refractivity contribution in [3.8, 4) is 22.9 Å². The lowest BCUT2D eigenvalue weighted by molar-refractivity contribution is -0.274. The number of rotatable bonds is 7. The van der Waals surface area contributed by atoms with Crippen molar-refractivity contribution in [2.24, 2.45) is 0 Å². The summed E-state index contributed by atoms with van der Waals surface area (Å²) < 4.78 is 48.6. The first-order chi connectivity index (χ1) is 17.9. The number of aromatic nitrogens is 4. The van der Waals surface area contributed by atoms with Gasteiger partial charge in [-0.15, -0.1) is 13.2 Å². The van der Waals surface area contributed by atoms with Crippen LogP contribution in [0, 0.1) is 6.92 Å². The van der Waals surface area contributed by atoms with E-state index in [2.05, 4.69) is 30.4 Å². The molecule has 3 aromatic heterocycles. The summed E-state index contributed by atoms with van der Waals surface area (Å²) in [6, 6.07) is 9.67. The molecule has 0 spiro atoms. The van der Waals surface area contributed by atoms with Gasteiger partial charge in [0.2, 0.25) is 11.8 Å². The number of methoxy groups -OCH3 is 1. The number of amides is 2. The zero-order chi connectivity index (χ0) is 27.6.